The molecule has 0 saturated heterocycles. The number of nitrogens with zero attached hydrogens (tertiary/aromatic N) is 1. The fourth-order valence-corrected chi connectivity index (χ4v) is 2.90. The van der Waals surface area contributed by atoms with Crippen LogP contribution in [0, 0.1) is 10.1 Å². The quantitative estimate of drug-likeness (QED) is 0.138. The van der Waals surface area contributed by atoms with Crippen molar-refractivity contribution < 1.29 is 14.8 Å². The maximum atomic E-state index is 10.7. The standard InChI is InChI=1S/C20H37NO4/c1-2-3-4-5-6-7-8-9-10-11-12-13-14-15-16-17-18-19(20(22)23)21(24)25/h9-10,19H,2-8,11-18H2,1H3,(H,22,23). The van der Waals surface area contributed by atoms with E-state index in [1.165, 1.54) is 57.8 Å². The summed E-state index contributed by atoms with van der Waals surface area (Å²) in [4.78, 5) is 20.5. The lowest BCUT2D eigenvalue weighted by Crippen LogP contribution is -2.28. The molecule has 1 N–H and O–H groups in total. The van der Waals surface area contributed by atoms with Gasteiger partial charge in [0.25, 0.3) is 0 Å². The number of carbonyl (C=O) groups is 1. The van der Waals surface area contributed by atoms with Gasteiger partial charge in [0.05, 0.1) is 0 Å². The molecular formula is C20H37NO4. The van der Waals surface area contributed by atoms with Gasteiger partial charge in [0.2, 0.25) is 0 Å². The number of carboxylic acid groups (broad SMARTS) is 1. The number of carboxylic acids is 1. The van der Waals surface area contributed by atoms with E-state index in [0.717, 1.165) is 25.7 Å². The highest BCUT2D eigenvalue weighted by molar-refractivity contribution is 5.71. The van der Waals surface area contributed by atoms with Crippen molar-refractivity contribution in [2.45, 2.75) is 109 Å². The smallest absolute Gasteiger partial charge is 0.379 e. The first kappa shape index (κ1) is 23.6. The molecule has 0 aliphatic heterocycles. The fraction of sp³-hybridized carbons (Fsp3) is 0.850. The van der Waals surface area contributed by atoms with Crippen LogP contribution < -0.4 is 0 Å². The van der Waals surface area contributed by atoms with Gasteiger partial charge in [0.1, 0.15) is 0 Å². The molecule has 0 radical (unpaired) electrons. The average molecular weight is 356 g/mol. The summed E-state index contributed by atoms with van der Waals surface area (Å²) in [7, 11) is 0. The van der Waals surface area contributed by atoms with Gasteiger partial charge in [-0.3, -0.25) is 10.1 Å². The molecule has 0 aromatic rings. The zero-order valence-electron chi connectivity index (χ0n) is 16.0. The Hall–Kier alpha value is -1.39. The molecule has 25 heavy (non-hydrogen) atoms. The number of rotatable bonds is 18. The molecule has 0 bridgehead atoms. The Bertz CT molecular complexity index is 355. The van der Waals surface area contributed by atoms with E-state index in [9.17, 15) is 14.9 Å². The van der Waals surface area contributed by atoms with Gasteiger partial charge in [-0.2, -0.15) is 0 Å². The Morgan fingerprint density at radius 3 is 1.76 bits per heavy atom. The molecule has 0 saturated carbocycles. The number of aliphatic carboxylic acids is 1. The Kier molecular flexibility index (Phi) is 16.5. The van der Waals surface area contributed by atoms with E-state index in [1.54, 1.807) is 0 Å². The van der Waals surface area contributed by atoms with Gasteiger partial charge in [-0.25, -0.2) is 4.79 Å². The van der Waals surface area contributed by atoms with E-state index in [-0.39, 0.29) is 6.42 Å². The molecule has 0 heterocycles. The topological polar surface area (TPSA) is 80.4 Å². The van der Waals surface area contributed by atoms with Crippen molar-refractivity contribution in [3.05, 3.63) is 22.3 Å². The van der Waals surface area contributed by atoms with Crippen LogP contribution in [0.25, 0.3) is 0 Å². The number of hydrogen-bond acceptors (Lipinski definition) is 3. The average Bonchev–Trinajstić information content (AvgIpc) is 2.57. The van der Waals surface area contributed by atoms with Crippen molar-refractivity contribution in [2.24, 2.45) is 0 Å². The number of allylic oxidation sites excluding steroid dienone is 2. The van der Waals surface area contributed by atoms with Crippen LogP contribution in [0.1, 0.15) is 103 Å². The summed E-state index contributed by atoms with van der Waals surface area (Å²) in [6.07, 6.45) is 21.2. The van der Waals surface area contributed by atoms with Gasteiger partial charge in [0.15, 0.2) is 0 Å². The summed E-state index contributed by atoms with van der Waals surface area (Å²) < 4.78 is 0. The zero-order chi connectivity index (χ0) is 18.8. The van der Waals surface area contributed by atoms with E-state index in [1.807, 2.05) is 0 Å². The van der Waals surface area contributed by atoms with E-state index in [2.05, 4.69) is 19.1 Å². The first-order valence-electron chi connectivity index (χ1n) is 10.1. The Morgan fingerprint density at radius 1 is 0.880 bits per heavy atom. The minimum absolute atomic E-state index is 0.142. The zero-order valence-corrected chi connectivity index (χ0v) is 16.0. The largest absolute Gasteiger partial charge is 0.476 e. The van der Waals surface area contributed by atoms with Gasteiger partial charge in [-0.1, -0.05) is 76.9 Å². The minimum atomic E-state index is -1.43. The molecule has 146 valence electrons. The molecular weight excluding hydrogens is 318 g/mol. The summed E-state index contributed by atoms with van der Waals surface area (Å²) in [6, 6.07) is -1.43. The number of nitro groups is 1. The van der Waals surface area contributed by atoms with Gasteiger partial charge in [0, 0.05) is 11.3 Å². The predicted molar refractivity (Wildman–Crippen MR) is 102 cm³/mol. The molecule has 0 rings (SSSR count). The van der Waals surface area contributed by atoms with Crippen molar-refractivity contribution >= 4 is 5.97 Å². The maximum absolute atomic E-state index is 10.7. The normalized spacial score (nSPS) is 12.5. The first-order valence-corrected chi connectivity index (χ1v) is 10.1. The third kappa shape index (κ3) is 15.9. The molecule has 0 aromatic carbocycles. The molecule has 0 spiro atoms. The Morgan fingerprint density at radius 2 is 1.32 bits per heavy atom. The molecule has 0 aromatic heterocycles. The van der Waals surface area contributed by atoms with E-state index in [4.69, 9.17) is 5.11 Å². The van der Waals surface area contributed by atoms with Crippen LogP contribution in [0.5, 0.6) is 0 Å². The Labute approximate surface area is 153 Å². The maximum Gasteiger partial charge on any atom is 0.379 e. The molecule has 0 amide bonds. The fourth-order valence-electron chi connectivity index (χ4n) is 2.90. The lowest BCUT2D eigenvalue weighted by atomic mass is 10.0. The third-order valence-electron chi connectivity index (χ3n) is 4.53. The highest BCUT2D eigenvalue weighted by atomic mass is 16.6. The van der Waals surface area contributed by atoms with Crippen molar-refractivity contribution in [1.82, 2.24) is 0 Å². The van der Waals surface area contributed by atoms with E-state index >= 15 is 0 Å². The molecule has 0 aliphatic carbocycles. The summed E-state index contributed by atoms with van der Waals surface area (Å²) in [5, 5.41) is 19.3. The van der Waals surface area contributed by atoms with Gasteiger partial charge in [-0.05, 0) is 32.1 Å². The van der Waals surface area contributed by atoms with Crippen molar-refractivity contribution in [3.63, 3.8) is 0 Å². The highest BCUT2D eigenvalue weighted by Crippen LogP contribution is 2.12. The number of unbranched alkanes of at least 4 members (excludes halogenated alkanes) is 12. The molecule has 1 atom stereocenters. The molecule has 1 unspecified atom stereocenters. The van der Waals surface area contributed by atoms with Crippen molar-refractivity contribution in [3.8, 4) is 0 Å². The summed E-state index contributed by atoms with van der Waals surface area (Å²) in [5.41, 5.74) is 0. The van der Waals surface area contributed by atoms with Crippen LogP contribution in [0.3, 0.4) is 0 Å². The highest BCUT2D eigenvalue weighted by Gasteiger charge is 2.27. The van der Waals surface area contributed by atoms with Crippen LogP contribution >= 0.6 is 0 Å². The van der Waals surface area contributed by atoms with Crippen molar-refractivity contribution in [1.29, 1.82) is 0 Å². The second kappa shape index (κ2) is 17.4. The summed E-state index contributed by atoms with van der Waals surface area (Å²) in [5.74, 6) is -1.32. The first-order chi connectivity index (χ1) is 12.1. The molecule has 0 aliphatic rings. The summed E-state index contributed by atoms with van der Waals surface area (Å²) >= 11 is 0. The van der Waals surface area contributed by atoms with Crippen LogP contribution in [-0.2, 0) is 4.79 Å². The second-order valence-corrected chi connectivity index (χ2v) is 6.87. The van der Waals surface area contributed by atoms with Crippen LogP contribution in [0.15, 0.2) is 12.2 Å². The number of hydrogen-bond donors (Lipinski definition) is 1. The molecule has 5 nitrogen and oxygen atoms in total. The minimum Gasteiger partial charge on any atom is -0.476 e. The lowest BCUT2D eigenvalue weighted by molar-refractivity contribution is -0.511. The van der Waals surface area contributed by atoms with Crippen LogP contribution in [0.2, 0.25) is 0 Å². The van der Waals surface area contributed by atoms with Crippen molar-refractivity contribution in [2.75, 3.05) is 0 Å². The monoisotopic (exact) mass is 355 g/mol. The van der Waals surface area contributed by atoms with E-state index < -0.39 is 16.9 Å². The van der Waals surface area contributed by atoms with Crippen LogP contribution in [0.4, 0.5) is 0 Å². The second-order valence-electron chi connectivity index (χ2n) is 6.87. The SMILES string of the molecule is CCCCCCCCC=CCCCCCCCCC(C(=O)O)[N+](=O)[O-]. The molecule has 0 fully saturated rings. The van der Waals surface area contributed by atoms with Crippen LogP contribution in [-0.4, -0.2) is 22.0 Å². The summed E-state index contributed by atoms with van der Waals surface area (Å²) in [6.45, 7) is 2.24. The molecule has 5 heteroatoms. The van der Waals surface area contributed by atoms with Gasteiger partial charge >= 0.3 is 12.0 Å². The predicted octanol–water partition coefficient (Wildman–Crippen LogP) is 6.14. The Balaban J connectivity index is 3.32. The van der Waals surface area contributed by atoms with Gasteiger partial charge < -0.3 is 5.11 Å². The van der Waals surface area contributed by atoms with E-state index in [0.29, 0.717) is 6.42 Å². The van der Waals surface area contributed by atoms with Gasteiger partial charge in [-0.15, -0.1) is 0 Å². The lowest BCUT2D eigenvalue weighted by Gasteiger charge is -2.04. The third-order valence-corrected chi connectivity index (χ3v) is 4.53.